The molecule has 4 aromatic rings. The molecular weight excluding hydrogens is 396 g/mol. The number of amidine groups is 2. The van der Waals surface area contributed by atoms with Gasteiger partial charge in [-0.2, -0.15) is 0 Å². The summed E-state index contributed by atoms with van der Waals surface area (Å²) < 4.78 is 11.8. The van der Waals surface area contributed by atoms with Crippen molar-refractivity contribution in [2.24, 2.45) is 0 Å². The minimum Gasteiger partial charge on any atom is -0.461 e. The van der Waals surface area contributed by atoms with Crippen molar-refractivity contribution in [2.45, 2.75) is 32.1 Å². The molecule has 0 amide bonds. The fraction of sp³-hybridized carbons (Fsp3) is 0.217. The lowest BCUT2D eigenvalue weighted by Gasteiger charge is -2.00. The molecule has 0 aliphatic carbocycles. The monoisotopic (exact) mass is 420 g/mol. The summed E-state index contributed by atoms with van der Waals surface area (Å²) in [6.45, 7) is 0. The van der Waals surface area contributed by atoms with Crippen molar-refractivity contribution in [1.82, 2.24) is 11.0 Å². The molecule has 0 aliphatic heterocycles. The van der Waals surface area contributed by atoms with E-state index in [2.05, 4.69) is 0 Å². The number of aryl methyl sites for hydroxylation is 2. The van der Waals surface area contributed by atoms with Crippen LogP contribution >= 0.6 is 0 Å². The third-order valence-electron chi connectivity index (χ3n) is 5.29. The van der Waals surface area contributed by atoms with Crippen molar-refractivity contribution >= 4 is 33.6 Å². The maximum atomic E-state index is 8.87. The molecule has 160 valence electrons. The van der Waals surface area contributed by atoms with E-state index in [1.54, 1.807) is 24.3 Å². The van der Waals surface area contributed by atoms with Gasteiger partial charge in [-0.15, -0.1) is 0 Å². The summed E-state index contributed by atoms with van der Waals surface area (Å²) in [6, 6.07) is 14.8. The smallest absolute Gasteiger partial charge is 0.149 e. The van der Waals surface area contributed by atoms with Crippen LogP contribution in [-0.4, -0.2) is 22.1 Å². The van der Waals surface area contributed by atoms with E-state index in [1.165, 1.54) is 0 Å². The van der Waals surface area contributed by atoms with Gasteiger partial charge in [-0.1, -0.05) is 30.7 Å². The Morgan fingerprint density at radius 3 is 1.55 bits per heavy atom. The van der Waals surface area contributed by atoms with Crippen LogP contribution in [0.15, 0.2) is 57.4 Å². The molecule has 0 aliphatic rings. The zero-order chi connectivity index (χ0) is 21.8. The summed E-state index contributed by atoms with van der Waals surface area (Å²) in [5, 5.41) is 35.0. The second-order valence-corrected chi connectivity index (χ2v) is 7.46. The highest BCUT2D eigenvalue weighted by atomic mass is 16.5. The van der Waals surface area contributed by atoms with Crippen LogP contribution in [0.2, 0.25) is 0 Å². The van der Waals surface area contributed by atoms with Crippen LogP contribution in [0, 0.1) is 10.8 Å². The van der Waals surface area contributed by atoms with Crippen LogP contribution in [0.4, 0.5) is 0 Å². The van der Waals surface area contributed by atoms with Gasteiger partial charge in [0.1, 0.15) is 34.4 Å². The molecule has 0 saturated heterocycles. The minimum absolute atomic E-state index is 0.0648. The molecule has 0 unspecified atom stereocenters. The summed E-state index contributed by atoms with van der Waals surface area (Å²) in [4.78, 5) is 0. The average Bonchev–Trinajstić information content (AvgIpc) is 3.39. The van der Waals surface area contributed by atoms with Gasteiger partial charge in [0.05, 0.1) is 0 Å². The Hall–Kier alpha value is -3.62. The number of hydrogen-bond acceptors (Lipinski definition) is 6. The first kappa shape index (κ1) is 20.6. The van der Waals surface area contributed by atoms with E-state index in [1.807, 2.05) is 35.2 Å². The van der Waals surface area contributed by atoms with E-state index in [-0.39, 0.29) is 11.7 Å². The number of rotatable bonds is 8. The van der Waals surface area contributed by atoms with Crippen LogP contribution in [0.5, 0.6) is 0 Å². The van der Waals surface area contributed by atoms with Crippen LogP contribution < -0.4 is 11.0 Å². The Morgan fingerprint density at radius 2 is 1.13 bits per heavy atom. The van der Waals surface area contributed by atoms with Gasteiger partial charge in [-0.25, -0.2) is 0 Å². The van der Waals surface area contributed by atoms with Crippen molar-refractivity contribution in [1.29, 1.82) is 10.8 Å². The first-order valence-electron chi connectivity index (χ1n) is 10.1. The first-order valence-corrected chi connectivity index (χ1v) is 10.1. The first-order chi connectivity index (χ1) is 15.1. The maximum absolute atomic E-state index is 8.87. The van der Waals surface area contributed by atoms with Gasteiger partial charge in [0, 0.05) is 34.7 Å². The maximum Gasteiger partial charge on any atom is 0.149 e. The van der Waals surface area contributed by atoms with Gasteiger partial charge in [-0.3, -0.25) is 32.2 Å². The number of benzene rings is 2. The lowest BCUT2D eigenvalue weighted by Crippen LogP contribution is -2.18. The Kier molecular flexibility index (Phi) is 6.01. The average molecular weight is 420 g/mol. The summed E-state index contributed by atoms with van der Waals surface area (Å²) in [7, 11) is 0. The third-order valence-corrected chi connectivity index (χ3v) is 5.29. The Bertz CT molecular complexity index is 1150. The topological polar surface area (TPSA) is 138 Å². The predicted octanol–water partition coefficient (Wildman–Crippen LogP) is 4.74. The minimum atomic E-state index is -0.0648. The zero-order valence-corrected chi connectivity index (χ0v) is 16.9. The third kappa shape index (κ3) is 4.60. The molecular formula is C23H24N4O4. The molecule has 2 aromatic heterocycles. The van der Waals surface area contributed by atoms with Gasteiger partial charge < -0.3 is 8.83 Å². The summed E-state index contributed by atoms with van der Waals surface area (Å²) in [6.07, 6.45) is 4.68. The standard InChI is InChI=1S/C23H24N4O4/c24-22(26-28)16-8-6-14-10-18(30-20(14)12-16)4-2-1-3-5-19-11-15-7-9-17(23(25)27-29)13-21(15)31-19/h6-13,28-29H,1-5H2,(H2,24,26)(H2,25,27). The number of fused-ring (bicyclic) bond motifs is 2. The number of unbranched alkanes of at least 4 members (excludes halogenated alkanes) is 2. The van der Waals surface area contributed by atoms with Gasteiger partial charge in [-0.05, 0) is 37.1 Å². The van der Waals surface area contributed by atoms with E-state index < -0.39 is 0 Å². The normalized spacial score (nSPS) is 11.2. The van der Waals surface area contributed by atoms with Gasteiger partial charge >= 0.3 is 0 Å². The zero-order valence-electron chi connectivity index (χ0n) is 16.9. The highest BCUT2D eigenvalue weighted by molar-refractivity contribution is 5.99. The molecule has 2 heterocycles. The van der Waals surface area contributed by atoms with E-state index in [0.29, 0.717) is 22.3 Å². The fourth-order valence-corrected chi connectivity index (χ4v) is 3.63. The molecule has 0 atom stereocenters. The van der Waals surface area contributed by atoms with Gasteiger partial charge in [0.2, 0.25) is 0 Å². The lowest BCUT2D eigenvalue weighted by molar-refractivity contribution is 0.234. The molecule has 8 nitrogen and oxygen atoms in total. The van der Waals surface area contributed by atoms with Crippen molar-refractivity contribution in [3.05, 3.63) is 71.2 Å². The number of furan rings is 2. The summed E-state index contributed by atoms with van der Waals surface area (Å²) in [5.74, 6) is 1.69. The Morgan fingerprint density at radius 1 is 0.677 bits per heavy atom. The predicted molar refractivity (Wildman–Crippen MR) is 117 cm³/mol. The van der Waals surface area contributed by atoms with Crippen LogP contribution in [0.1, 0.15) is 41.9 Å². The van der Waals surface area contributed by atoms with Crippen LogP contribution in [-0.2, 0) is 12.8 Å². The van der Waals surface area contributed by atoms with E-state index in [9.17, 15) is 0 Å². The van der Waals surface area contributed by atoms with Gasteiger partial charge in [0.15, 0.2) is 0 Å². The SMILES string of the molecule is N=C(NO)c1ccc2cc(CCCCCc3cc4ccc(C(=N)NO)cc4o3)oc2c1. The number of nitrogens with one attached hydrogen (secondary N) is 4. The number of hydroxylamine groups is 2. The molecule has 0 spiro atoms. The fourth-order valence-electron chi connectivity index (χ4n) is 3.63. The van der Waals surface area contributed by atoms with Crippen molar-refractivity contribution in [3.63, 3.8) is 0 Å². The molecule has 8 heteroatoms. The number of hydrogen-bond donors (Lipinski definition) is 6. The summed E-state index contributed by atoms with van der Waals surface area (Å²) in [5.41, 5.74) is 6.24. The van der Waals surface area contributed by atoms with Crippen molar-refractivity contribution in [2.75, 3.05) is 0 Å². The lowest BCUT2D eigenvalue weighted by atomic mass is 10.1. The highest BCUT2D eigenvalue weighted by Crippen LogP contribution is 2.24. The molecule has 0 saturated carbocycles. The summed E-state index contributed by atoms with van der Waals surface area (Å²) >= 11 is 0. The van der Waals surface area contributed by atoms with Gasteiger partial charge in [0.25, 0.3) is 0 Å². The highest BCUT2D eigenvalue weighted by Gasteiger charge is 2.09. The van der Waals surface area contributed by atoms with E-state index in [0.717, 1.165) is 54.4 Å². The quantitative estimate of drug-likeness (QED) is 0.105. The molecule has 4 rings (SSSR count). The van der Waals surface area contributed by atoms with Crippen molar-refractivity contribution < 1.29 is 19.2 Å². The molecule has 6 N–H and O–H groups in total. The van der Waals surface area contributed by atoms with E-state index in [4.69, 9.17) is 30.1 Å². The largest absolute Gasteiger partial charge is 0.461 e. The Labute approximate surface area is 178 Å². The molecule has 0 radical (unpaired) electrons. The van der Waals surface area contributed by atoms with E-state index >= 15 is 0 Å². The Balaban J connectivity index is 1.29. The second-order valence-electron chi connectivity index (χ2n) is 7.46. The molecule has 0 bridgehead atoms. The molecule has 31 heavy (non-hydrogen) atoms. The van der Waals surface area contributed by atoms with Crippen molar-refractivity contribution in [3.8, 4) is 0 Å². The molecule has 0 fully saturated rings. The second kappa shape index (κ2) is 9.03. The molecule has 2 aromatic carbocycles. The van der Waals surface area contributed by atoms with Crippen LogP contribution in [0.3, 0.4) is 0 Å². The van der Waals surface area contributed by atoms with Crippen LogP contribution in [0.25, 0.3) is 21.9 Å².